The van der Waals surface area contributed by atoms with E-state index >= 15 is 0 Å². The highest BCUT2D eigenvalue weighted by Gasteiger charge is 2.13. The van der Waals surface area contributed by atoms with E-state index in [2.05, 4.69) is 60.7 Å². The average Bonchev–Trinajstić information content (AvgIpc) is 3.49. The fraction of sp³-hybridized carbons (Fsp3) is 0.789. The van der Waals surface area contributed by atoms with Crippen LogP contribution in [0.15, 0.2) is 60.7 Å². The minimum Gasteiger partial charge on any atom is -0.382 e. The van der Waals surface area contributed by atoms with Crippen LogP contribution in [-0.2, 0) is 104 Å². The highest BCUT2D eigenvalue weighted by Crippen LogP contribution is 2.32. The number of methoxy groups -OCH3 is 1. The van der Waals surface area contributed by atoms with Crippen LogP contribution in [0, 0.1) is 0 Å². The summed E-state index contributed by atoms with van der Waals surface area (Å²) in [6, 6.07) is 21.4. The second kappa shape index (κ2) is 64.5. The summed E-state index contributed by atoms with van der Waals surface area (Å²) in [5.74, 6) is 0. The SMILES string of the molecule is COCCOCCOCCOCCOCCOCCOCCOCCOCCOCCOCCOCCOCCOCCOCCOCCOCCOCCOCCOCCOCCOCCP(c1ccccc1)c1ccccc1. The van der Waals surface area contributed by atoms with Crippen LogP contribution in [-0.4, -0.2) is 297 Å². The monoisotopic (exact) mass is 1170 g/mol. The van der Waals surface area contributed by atoms with E-state index in [1.165, 1.54) is 10.6 Å². The van der Waals surface area contributed by atoms with Gasteiger partial charge in [0.15, 0.2) is 0 Å². The van der Waals surface area contributed by atoms with Crippen molar-refractivity contribution in [1.29, 1.82) is 0 Å². The Morgan fingerprint density at radius 2 is 0.325 bits per heavy atom. The van der Waals surface area contributed by atoms with Crippen molar-refractivity contribution < 1.29 is 104 Å². The zero-order chi connectivity index (χ0) is 56.5. The smallest absolute Gasteiger partial charge is 0.0701 e. The Balaban J connectivity index is 1.12. The van der Waals surface area contributed by atoms with Gasteiger partial charge in [0.25, 0.3) is 0 Å². The summed E-state index contributed by atoms with van der Waals surface area (Å²) < 4.78 is 121. The molecule has 2 aromatic rings. The first-order valence-electron chi connectivity index (χ1n) is 28.4. The maximum Gasteiger partial charge on any atom is 0.0701 e. The predicted molar refractivity (Wildman–Crippen MR) is 303 cm³/mol. The van der Waals surface area contributed by atoms with Crippen LogP contribution >= 0.6 is 7.92 Å². The number of benzene rings is 2. The van der Waals surface area contributed by atoms with Crippen molar-refractivity contribution in [2.24, 2.45) is 0 Å². The molecule has 0 aliphatic rings. The topological polar surface area (TPSA) is 203 Å². The summed E-state index contributed by atoms with van der Waals surface area (Å²) in [6.07, 6.45) is 0.981. The van der Waals surface area contributed by atoms with E-state index in [0.29, 0.717) is 284 Å². The van der Waals surface area contributed by atoms with Crippen LogP contribution in [0.1, 0.15) is 0 Å². The van der Waals surface area contributed by atoms with Gasteiger partial charge in [0, 0.05) is 7.11 Å². The molecule has 0 aliphatic carbocycles. The van der Waals surface area contributed by atoms with Gasteiger partial charge in [-0.1, -0.05) is 60.7 Å². The van der Waals surface area contributed by atoms with Crippen molar-refractivity contribution in [3.8, 4) is 0 Å². The first-order chi connectivity index (χ1) is 39.9. The van der Waals surface area contributed by atoms with Gasteiger partial charge in [0.1, 0.15) is 0 Å². The molecule has 0 unspecified atom stereocenters. The van der Waals surface area contributed by atoms with Gasteiger partial charge >= 0.3 is 0 Å². The largest absolute Gasteiger partial charge is 0.382 e. The molecule has 0 radical (unpaired) electrons. The van der Waals surface area contributed by atoms with E-state index in [1.807, 2.05) is 0 Å². The minimum absolute atomic E-state index is 0.442. The molecule has 23 heteroatoms. The molecule has 2 rings (SSSR count). The third kappa shape index (κ3) is 54.0. The molecule has 0 aliphatic heterocycles. The van der Waals surface area contributed by atoms with Gasteiger partial charge in [-0.2, -0.15) is 0 Å². The highest BCUT2D eigenvalue weighted by molar-refractivity contribution is 7.73. The van der Waals surface area contributed by atoms with Gasteiger partial charge in [0.05, 0.1) is 284 Å². The summed E-state index contributed by atoms with van der Waals surface area (Å²) in [5.41, 5.74) is 0. The molecule has 0 aromatic heterocycles. The Morgan fingerprint density at radius 3 is 0.475 bits per heavy atom. The summed E-state index contributed by atoms with van der Waals surface area (Å²) in [5, 5.41) is 2.74. The van der Waals surface area contributed by atoms with Crippen LogP contribution in [0.4, 0.5) is 0 Å². The molecular weight excluding hydrogens is 1070 g/mol. The second-order valence-corrected chi connectivity index (χ2v) is 19.0. The van der Waals surface area contributed by atoms with E-state index in [9.17, 15) is 0 Å². The zero-order valence-corrected chi connectivity index (χ0v) is 49.2. The van der Waals surface area contributed by atoms with E-state index < -0.39 is 7.92 Å². The van der Waals surface area contributed by atoms with Gasteiger partial charge in [-0.05, 0) is 24.7 Å². The van der Waals surface area contributed by atoms with E-state index in [0.717, 1.165) is 6.16 Å². The Labute approximate surface area is 479 Å². The predicted octanol–water partition coefficient (Wildman–Crippen LogP) is 3.11. The molecule has 0 spiro atoms. The molecule has 0 fully saturated rings. The van der Waals surface area contributed by atoms with Crippen molar-refractivity contribution in [3.05, 3.63) is 60.7 Å². The number of hydrogen-bond acceptors (Lipinski definition) is 22. The summed E-state index contributed by atoms with van der Waals surface area (Å²) >= 11 is 0. The first kappa shape index (κ1) is 74.1. The van der Waals surface area contributed by atoms with Crippen molar-refractivity contribution in [1.82, 2.24) is 0 Å². The third-order valence-corrected chi connectivity index (χ3v) is 12.9. The molecule has 0 saturated heterocycles. The molecule has 0 atom stereocenters. The van der Waals surface area contributed by atoms with Crippen LogP contribution < -0.4 is 10.6 Å². The molecule has 2 aromatic carbocycles. The highest BCUT2D eigenvalue weighted by atomic mass is 31.1. The van der Waals surface area contributed by atoms with Gasteiger partial charge in [-0.3, -0.25) is 0 Å². The van der Waals surface area contributed by atoms with Gasteiger partial charge < -0.3 is 104 Å². The van der Waals surface area contributed by atoms with Crippen molar-refractivity contribution in [2.75, 3.05) is 297 Å². The second-order valence-electron chi connectivity index (χ2n) is 16.7. The summed E-state index contributed by atoms with van der Waals surface area (Å²) in [4.78, 5) is 0. The Morgan fingerprint density at radius 1 is 0.188 bits per heavy atom. The number of ether oxygens (including phenoxy) is 22. The maximum atomic E-state index is 5.88. The van der Waals surface area contributed by atoms with Gasteiger partial charge in [0.2, 0.25) is 0 Å². The minimum atomic E-state index is -0.442. The lowest BCUT2D eigenvalue weighted by Gasteiger charge is -2.18. The molecule has 0 N–H and O–H groups in total. The third-order valence-electron chi connectivity index (χ3n) is 10.5. The lowest BCUT2D eigenvalue weighted by molar-refractivity contribution is -0.0316. The Bertz CT molecular complexity index is 1410. The maximum absolute atomic E-state index is 5.88. The molecule has 466 valence electrons. The Hall–Kier alpha value is -2.01. The van der Waals surface area contributed by atoms with Crippen LogP contribution in [0.25, 0.3) is 0 Å². The van der Waals surface area contributed by atoms with Crippen LogP contribution in [0.3, 0.4) is 0 Å². The summed E-state index contributed by atoms with van der Waals surface area (Å²) in [7, 11) is 1.20. The van der Waals surface area contributed by atoms with Crippen molar-refractivity contribution >= 4 is 18.5 Å². The lowest BCUT2D eigenvalue weighted by atomic mass is 10.4. The fourth-order valence-corrected chi connectivity index (χ4v) is 8.61. The molecule has 22 nitrogen and oxygen atoms in total. The fourth-order valence-electron chi connectivity index (χ4n) is 6.42. The van der Waals surface area contributed by atoms with Crippen LogP contribution in [0.2, 0.25) is 0 Å². The normalized spacial score (nSPS) is 11.7. The van der Waals surface area contributed by atoms with E-state index in [-0.39, 0.29) is 0 Å². The summed E-state index contributed by atoms with van der Waals surface area (Å²) in [6.45, 7) is 22.0. The van der Waals surface area contributed by atoms with E-state index in [1.54, 1.807) is 7.11 Å². The molecular formula is C57H101O22P. The van der Waals surface area contributed by atoms with Gasteiger partial charge in [-0.15, -0.1) is 0 Å². The molecule has 80 heavy (non-hydrogen) atoms. The van der Waals surface area contributed by atoms with Crippen molar-refractivity contribution in [2.45, 2.75) is 0 Å². The molecule has 0 bridgehead atoms. The van der Waals surface area contributed by atoms with Gasteiger partial charge in [-0.25, -0.2) is 0 Å². The van der Waals surface area contributed by atoms with Crippen LogP contribution in [0.5, 0.6) is 0 Å². The zero-order valence-electron chi connectivity index (χ0n) is 48.3. The molecule has 0 saturated carbocycles. The molecule has 0 amide bonds. The number of rotatable bonds is 68. The average molecular weight is 1170 g/mol. The van der Waals surface area contributed by atoms with Crippen molar-refractivity contribution in [3.63, 3.8) is 0 Å². The standard InChI is InChI=1S/C57H101O22P/c1-58-12-13-59-14-15-60-16-17-61-18-19-62-20-21-63-22-23-64-24-25-65-26-27-66-28-29-67-30-31-68-32-33-69-34-35-70-36-37-71-38-39-72-40-41-73-42-43-74-44-45-75-46-47-76-48-49-77-50-51-78-52-53-79-54-55-80(56-8-4-2-5-9-56)57-10-6-3-7-11-57/h2-11H,12-55H2,1H3. The number of hydrogen-bond donors (Lipinski definition) is 0. The van der Waals surface area contributed by atoms with E-state index in [4.69, 9.17) is 104 Å². The molecule has 0 heterocycles. The first-order valence-corrected chi connectivity index (χ1v) is 29.9. The lowest BCUT2D eigenvalue weighted by Crippen LogP contribution is -2.17. The Kier molecular flexibility index (Phi) is 59.8. The quantitative estimate of drug-likeness (QED) is 0.0690.